The van der Waals surface area contributed by atoms with Gasteiger partial charge in [0.15, 0.2) is 5.96 Å². The maximum atomic E-state index is 13.7. The van der Waals surface area contributed by atoms with Crippen LogP contribution in [0.3, 0.4) is 0 Å². The van der Waals surface area contributed by atoms with Gasteiger partial charge in [0.1, 0.15) is 11.6 Å². The molecule has 0 radical (unpaired) electrons. The van der Waals surface area contributed by atoms with Crippen LogP contribution in [0.25, 0.3) is 0 Å². The van der Waals surface area contributed by atoms with Gasteiger partial charge in [0.2, 0.25) is 11.8 Å². The second kappa shape index (κ2) is 9.16. The molecule has 2 amide bonds. The molecule has 1 aromatic rings. The number of allylic oxidation sites excluding steroid dienone is 2. The fraction of sp³-hybridized carbons (Fsp3) is 0.522. The predicted octanol–water partition coefficient (Wildman–Crippen LogP) is 2.26. The number of amides is 2. The third-order valence-corrected chi connectivity index (χ3v) is 6.41. The van der Waals surface area contributed by atoms with Gasteiger partial charge < -0.3 is 10.6 Å². The van der Waals surface area contributed by atoms with Gasteiger partial charge in [-0.3, -0.25) is 19.5 Å². The third kappa shape index (κ3) is 4.34. The Labute approximate surface area is 180 Å². The van der Waals surface area contributed by atoms with E-state index in [0.29, 0.717) is 50.5 Å². The Balaban J connectivity index is 1.25. The first-order valence-corrected chi connectivity index (χ1v) is 11.0. The summed E-state index contributed by atoms with van der Waals surface area (Å²) in [4.78, 5) is 31.3. The van der Waals surface area contributed by atoms with Gasteiger partial charge in [0, 0.05) is 26.2 Å². The highest BCUT2D eigenvalue weighted by Gasteiger charge is 2.58. The van der Waals surface area contributed by atoms with Crippen LogP contribution in [-0.2, 0) is 16.0 Å². The number of likely N-dealkylation sites (tertiary alicyclic amines) is 1. The lowest BCUT2D eigenvalue weighted by atomic mass is 9.85. The molecule has 1 heterocycles. The van der Waals surface area contributed by atoms with Crippen LogP contribution in [0, 0.1) is 35.3 Å². The minimum absolute atomic E-state index is 0.0296. The summed E-state index contributed by atoms with van der Waals surface area (Å²) >= 11 is 0. The number of hydrogen-bond acceptors (Lipinski definition) is 3. The maximum Gasteiger partial charge on any atom is 0.233 e. The summed E-state index contributed by atoms with van der Waals surface area (Å²) in [6.07, 6.45) is 6.02. The number of imide groups is 1. The maximum absolute atomic E-state index is 13.7. The lowest BCUT2D eigenvalue weighted by Crippen LogP contribution is -2.38. The molecule has 31 heavy (non-hydrogen) atoms. The van der Waals surface area contributed by atoms with Crippen molar-refractivity contribution in [3.8, 4) is 0 Å². The first-order valence-electron chi connectivity index (χ1n) is 11.0. The zero-order chi connectivity index (χ0) is 22.0. The quantitative estimate of drug-likeness (QED) is 0.218. The molecular weight excluding hydrogens is 402 g/mol. The van der Waals surface area contributed by atoms with Crippen molar-refractivity contribution < 1.29 is 18.4 Å². The molecule has 1 saturated heterocycles. The van der Waals surface area contributed by atoms with E-state index in [1.54, 1.807) is 0 Å². The second-order valence-electron chi connectivity index (χ2n) is 8.35. The van der Waals surface area contributed by atoms with Crippen LogP contribution >= 0.6 is 0 Å². The molecule has 166 valence electrons. The van der Waals surface area contributed by atoms with Crippen LogP contribution in [0.2, 0.25) is 0 Å². The summed E-state index contributed by atoms with van der Waals surface area (Å²) in [7, 11) is 0. The van der Waals surface area contributed by atoms with Gasteiger partial charge in [-0.2, -0.15) is 0 Å². The number of carbonyl (C=O) groups excluding carboxylic acids is 2. The molecule has 4 atom stereocenters. The number of fused-ring (bicyclic) bond motifs is 5. The number of hydrogen-bond donors (Lipinski definition) is 2. The standard InChI is InChI=1S/C23H28F2N4O2/c1-2-26-23(28-10-8-14-13-17(24)6-7-18(14)25)27-9-3-11-29-21(30)19-15-4-5-16(12-15)20(19)22(29)31/h4-7,13,15-16,19-20H,2-3,8-12H2,1H3,(H2,26,27,28). The van der Waals surface area contributed by atoms with Crippen molar-refractivity contribution in [1.29, 1.82) is 0 Å². The molecule has 1 aliphatic heterocycles. The summed E-state index contributed by atoms with van der Waals surface area (Å²) in [5, 5.41) is 6.22. The van der Waals surface area contributed by atoms with Gasteiger partial charge in [0.05, 0.1) is 11.8 Å². The molecule has 2 fully saturated rings. The van der Waals surface area contributed by atoms with E-state index >= 15 is 0 Å². The Morgan fingerprint density at radius 2 is 1.84 bits per heavy atom. The van der Waals surface area contributed by atoms with Gasteiger partial charge in [-0.1, -0.05) is 12.2 Å². The minimum atomic E-state index is -0.462. The Kier molecular flexibility index (Phi) is 6.34. The zero-order valence-corrected chi connectivity index (χ0v) is 17.6. The van der Waals surface area contributed by atoms with E-state index in [0.717, 1.165) is 18.6 Å². The smallest absolute Gasteiger partial charge is 0.233 e. The van der Waals surface area contributed by atoms with E-state index in [1.165, 1.54) is 11.0 Å². The Hall–Kier alpha value is -2.77. The third-order valence-electron chi connectivity index (χ3n) is 6.41. The van der Waals surface area contributed by atoms with Crippen LogP contribution < -0.4 is 10.6 Å². The highest BCUT2D eigenvalue weighted by Crippen LogP contribution is 2.52. The fourth-order valence-electron chi connectivity index (χ4n) is 5.00. The topological polar surface area (TPSA) is 73.8 Å². The molecular formula is C23H28F2N4O2. The van der Waals surface area contributed by atoms with Crippen molar-refractivity contribution in [3.05, 3.63) is 47.5 Å². The molecule has 0 aromatic heterocycles. The number of nitrogens with zero attached hydrogens (tertiary/aromatic N) is 2. The highest BCUT2D eigenvalue weighted by molar-refractivity contribution is 6.06. The molecule has 4 unspecified atom stereocenters. The van der Waals surface area contributed by atoms with Gasteiger partial charge in [-0.15, -0.1) is 0 Å². The normalized spacial score (nSPS) is 26.7. The fourth-order valence-corrected chi connectivity index (χ4v) is 5.00. The average Bonchev–Trinajstić information content (AvgIpc) is 3.43. The molecule has 0 spiro atoms. The number of nitrogens with one attached hydrogen (secondary N) is 2. The number of guanidine groups is 1. The van der Waals surface area contributed by atoms with Crippen LogP contribution in [0.15, 0.2) is 35.3 Å². The van der Waals surface area contributed by atoms with Crippen molar-refractivity contribution in [2.24, 2.45) is 28.7 Å². The molecule has 8 heteroatoms. The number of rotatable bonds is 8. The molecule has 6 nitrogen and oxygen atoms in total. The molecule has 1 saturated carbocycles. The average molecular weight is 430 g/mol. The molecule has 1 aromatic carbocycles. The lowest BCUT2D eigenvalue weighted by molar-refractivity contribution is -0.140. The van der Waals surface area contributed by atoms with E-state index in [-0.39, 0.29) is 35.5 Å². The Bertz CT molecular complexity index is 887. The largest absolute Gasteiger partial charge is 0.357 e. The summed E-state index contributed by atoms with van der Waals surface area (Å²) in [5.41, 5.74) is 0.309. The molecule has 2 aliphatic carbocycles. The van der Waals surface area contributed by atoms with E-state index in [9.17, 15) is 18.4 Å². The van der Waals surface area contributed by atoms with Crippen LogP contribution in [-0.4, -0.2) is 48.9 Å². The summed E-state index contributed by atoms with van der Waals surface area (Å²) in [6, 6.07) is 3.42. The van der Waals surface area contributed by atoms with Gasteiger partial charge in [-0.25, -0.2) is 8.78 Å². The summed E-state index contributed by atoms with van der Waals surface area (Å²) < 4.78 is 27.0. The Morgan fingerprint density at radius 1 is 1.13 bits per heavy atom. The van der Waals surface area contributed by atoms with Crippen LogP contribution in [0.4, 0.5) is 8.78 Å². The highest BCUT2D eigenvalue weighted by atomic mass is 19.1. The minimum Gasteiger partial charge on any atom is -0.357 e. The SMILES string of the molecule is CCNC(=NCCCN1C(=O)C2C3C=CC(C3)C2C1=O)NCCc1cc(F)ccc1F. The first-order chi connectivity index (χ1) is 15.0. The van der Waals surface area contributed by atoms with E-state index in [1.807, 2.05) is 6.92 Å². The van der Waals surface area contributed by atoms with E-state index in [4.69, 9.17) is 0 Å². The lowest BCUT2D eigenvalue weighted by Gasteiger charge is -2.17. The summed E-state index contributed by atoms with van der Waals surface area (Å²) in [5.74, 6) is -0.256. The van der Waals surface area contributed by atoms with Crippen molar-refractivity contribution >= 4 is 17.8 Å². The Morgan fingerprint density at radius 3 is 2.52 bits per heavy atom. The van der Waals surface area contributed by atoms with E-state index < -0.39 is 11.6 Å². The number of benzene rings is 1. The number of carbonyl (C=O) groups is 2. The number of halogens is 2. The molecule has 3 aliphatic rings. The van der Waals surface area contributed by atoms with Crippen LogP contribution in [0.1, 0.15) is 25.3 Å². The number of aliphatic imine (C=N–C) groups is 1. The van der Waals surface area contributed by atoms with Gasteiger partial charge in [-0.05, 0) is 61.8 Å². The second-order valence-corrected chi connectivity index (χ2v) is 8.35. The van der Waals surface area contributed by atoms with Crippen molar-refractivity contribution in [2.75, 3.05) is 26.2 Å². The van der Waals surface area contributed by atoms with Crippen molar-refractivity contribution in [1.82, 2.24) is 15.5 Å². The predicted molar refractivity (Wildman–Crippen MR) is 113 cm³/mol. The van der Waals surface area contributed by atoms with Crippen molar-refractivity contribution in [2.45, 2.75) is 26.2 Å². The molecule has 4 rings (SSSR count). The zero-order valence-electron chi connectivity index (χ0n) is 17.6. The summed E-state index contributed by atoms with van der Waals surface area (Å²) in [6.45, 7) is 3.81. The van der Waals surface area contributed by atoms with Crippen LogP contribution in [0.5, 0.6) is 0 Å². The van der Waals surface area contributed by atoms with Crippen molar-refractivity contribution in [3.63, 3.8) is 0 Å². The van der Waals surface area contributed by atoms with Gasteiger partial charge >= 0.3 is 0 Å². The molecule has 2 bridgehead atoms. The van der Waals surface area contributed by atoms with Gasteiger partial charge in [0.25, 0.3) is 0 Å². The first kappa shape index (κ1) is 21.5. The molecule has 2 N–H and O–H groups in total. The monoisotopic (exact) mass is 430 g/mol. The van der Waals surface area contributed by atoms with E-state index in [2.05, 4.69) is 27.8 Å².